The van der Waals surface area contributed by atoms with Crippen LogP contribution in [0.1, 0.15) is 11.3 Å². The number of furan rings is 1. The molecular weight excluding hydrogens is 215 g/mol. The molecule has 0 aliphatic carbocycles. The first-order valence-electron chi connectivity index (χ1n) is 2.43. The highest BCUT2D eigenvalue weighted by Gasteiger charge is 1.91. The maximum atomic E-state index is 5.05. The van der Waals surface area contributed by atoms with Gasteiger partial charge in [0.25, 0.3) is 0 Å². The zero-order valence-electron chi connectivity index (χ0n) is 4.65. The van der Waals surface area contributed by atoms with Crippen molar-refractivity contribution in [2.24, 2.45) is 0 Å². The molecule has 0 amide bonds. The quantitative estimate of drug-likeness (QED) is 0.525. The van der Waals surface area contributed by atoms with Crippen molar-refractivity contribution < 1.29 is 4.42 Å². The maximum absolute atomic E-state index is 5.05. The molecule has 0 fully saturated rings. The Morgan fingerprint density at radius 2 is 2.50 bits per heavy atom. The lowest BCUT2D eigenvalue weighted by molar-refractivity contribution is 0.533. The SMILES string of the molecule is Cc1cc(CI)co1. The Hall–Kier alpha value is 0.01000. The van der Waals surface area contributed by atoms with Crippen molar-refractivity contribution >= 4 is 22.6 Å². The van der Waals surface area contributed by atoms with E-state index in [1.807, 2.05) is 13.0 Å². The third kappa shape index (κ3) is 1.24. The smallest absolute Gasteiger partial charge is 0.100 e. The van der Waals surface area contributed by atoms with E-state index in [1.165, 1.54) is 5.56 Å². The number of rotatable bonds is 1. The maximum Gasteiger partial charge on any atom is 0.100 e. The second kappa shape index (κ2) is 2.53. The second-order valence-corrected chi connectivity index (χ2v) is 2.46. The fourth-order valence-corrected chi connectivity index (χ4v) is 0.968. The van der Waals surface area contributed by atoms with Crippen molar-refractivity contribution in [3.05, 3.63) is 23.7 Å². The predicted octanol–water partition coefficient (Wildman–Crippen LogP) is 2.52. The summed E-state index contributed by atoms with van der Waals surface area (Å²) in [5, 5.41) is 0. The van der Waals surface area contributed by atoms with Crippen LogP contribution in [0.2, 0.25) is 0 Å². The highest BCUT2D eigenvalue weighted by Crippen LogP contribution is 2.09. The van der Waals surface area contributed by atoms with Crippen LogP contribution >= 0.6 is 22.6 Å². The van der Waals surface area contributed by atoms with E-state index in [9.17, 15) is 0 Å². The fraction of sp³-hybridized carbons (Fsp3) is 0.333. The van der Waals surface area contributed by atoms with E-state index in [4.69, 9.17) is 4.42 Å². The molecule has 2 heteroatoms. The normalized spacial score (nSPS) is 9.75. The molecule has 1 aromatic heterocycles. The molecular formula is C6H7IO. The van der Waals surface area contributed by atoms with E-state index < -0.39 is 0 Å². The molecule has 44 valence electrons. The van der Waals surface area contributed by atoms with E-state index in [-0.39, 0.29) is 0 Å². The lowest BCUT2D eigenvalue weighted by Gasteiger charge is -1.75. The Bertz CT molecular complexity index is 169. The molecule has 1 rings (SSSR count). The van der Waals surface area contributed by atoms with Gasteiger partial charge in [0.05, 0.1) is 6.26 Å². The minimum atomic E-state index is 0.997. The van der Waals surface area contributed by atoms with Gasteiger partial charge in [-0.1, -0.05) is 22.6 Å². The van der Waals surface area contributed by atoms with E-state index in [0.717, 1.165) is 10.2 Å². The van der Waals surface area contributed by atoms with E-state index in [1.54, 1.807) is 6.26 Å². The molecule has 0 aromatic carbocycles. The monoisotopic (exact) mass is 222 g/mol. The summed E-state index contributed by atoms with van der Waals surface area (Å²) in [5.74, 6) is 0.997. The van der Waals surface area contributed by atoms with E-state index in [0.29, 0.717) is 0 Å². The summed E-state index contributed by atoms with van der Waals surface area (Å²) in [6.07, 6.45) is 1.79. The summed E-state index contributed by atoms with van der Waals surface area (Å²) in [5.41, 5.74) is 1.27. The summed E-state index contributed by atoms with van der Waals surface area (Å²) in [6.45, 7) is 1.95. The number of alkyl halides is 1. The van der Waals surface area contributed by atoms with Gasteiger partial charge in [-0.05, 0) is 13.0 Å². The minimum absolute atomic E-state index is 0.997. The lowest BCUT2D eigenvalue weighted by atomic mass is 10.4. The average molecular weight is 222 g/mol. The summed E-state index contributed by atoms with van der Waals surface area (Å²) < 4.78 is 6.09. The summed E-state index contributed by atoms with van der Waals surface area (Å²) >= 11 is 2.31. The van der Waals surface area contributed by atoms with Crippen LogP contribution in [0.3, 0.4) is 0 Å². The Labute approximate surface area is 62.2 Å². The predicted molar refractivity (Wildman–Crippen MR) is 41.2 cm³/mol. The molecule has 0 spiro atoms. The fourth-order valence-electron chi connectivity index (χ4n) is 0.568. The first-order chi connectivity index (χ1) is 3.83. The molecule has 0 atom stereocenters. The van der Waals surface area contributed by atoms with Crippen molar-refractivity contribution in [2.75, 3.05) is 0 Å². The summed E-state index contributed by atoms with van der Waals surface area (Å²) in [7, 11) is 0. The Balaban J connectivity index is 2.84. The van der Waals surface area contributed by atoms with Crippen LogP contribution in [-0.2, 0) is 4.43 Å². The molecule has 8 heavy (non-hydrogen) atoms. The number of hydrogen-bond acceptors (Lipinski definition) is 1. The zero-order valence-corrected chi connectivity index (χ0v) is 6.81. The average Bonchev–Trinajstić information content (AvgIpc) is 2.14. The van der Waals surface area contributed by atoms with Gasteiger partial charge in [-0.3, -0.25) is 0 Å². The molecule has 0 bridgehead atoms. The van der Waals surface area contributed by atoms with Gasteiger partial charge in [0.2, 0.25) is 0 Å². The van der Waals surface area contributed by atoms with E-state index in [2.05, 4.69) is 22.6 Å². The van der Waals surface area contributed by atoms with E-state index >= 15 is 0 Å². The Morgan fingerprint density at radius 1 is 1.75 bits per heavy atom. The molecule has 1 heterocycles. The van der Waals surface area contributed by atoms with Crippen LogP contribution in [-0.4, -0.2) is 0 Å². The van der Waals surface area contributed by atoms with Crippen molar-refractivity contribution in [1.82, 2.24) is 0 Å². The van der Waals surface area contributed by atoms with Gasteiger partial charge in [-0.15, -0.1) is 0 Å². The lowest BCUT2D eigenvalue weighted by Crippen LogP contribution is -1.63. The third-order valence-electron chi connectivity index (χ3n) is 0.939. The van der Waals surface area contributed by atoms with Crippen molar-refractivity contribution in [3.8, 4) is 0 Å². The van der Waals surface area contributed by atoms with Gasteiger partial charge in [-0.2, -0.15) is 0 Å². The Kier molecular flexibility index (Phi) is 1.94. The molecule has 0 saturated carbocycles. The molecule has 0 N–H and O–H groups in total. The van der Waals surface area contributed by atoms with Gasteiger partial charge >= 0.3 is 0 Å². The molecule has 0 aliphatic heterocycles. The van der Waals surface area contributed by atoms with Gasteiger partial charge in [0.1, 0.15) is 5.76 Å². The molecule has 0 saturated heterocycles. The molecule has 1 aromatic rings. The Morgan fingerprint density at radius 3 is 2.75 bits per heavy atom. The number of hydrogen-bond donors (Lipinski definition) is 0. The highest BCUT2D eigenvalue weighted by atomic mass is 127. The standard InChI is InChI=1S/C6H7IO/c1-5-2-6(3-7)4-8-5/h2,4H,3H2,1H3. The zero-order chi connectivity index (χ0) is 5.98. The van der Waals surface area contributed by atoms with Crippen LogP contribution < -0.4 is 0 Å². The first kappa shape index (κ1) is 6.13. The first-order valence-corrected chi connectivity index (χ1v) is 3.95. The van der Waals surface area contributed by atoms with Crippen molar-refractivity contribution in [1.29, 1.82) is 0 Å². The molecule has 0 radical (unpaired) electrons. The van der Waals surface area contributed by atoms with Crippen LogP contribution in [0.5, 0.6) is 0 Å². The second-order valence-electron chi connectivity index (χ2n) is 1.70. The number of aryl methyl sites for hydroxylation is 1. The summed E-state index contributed by atoms with van der Waals surface area (Å²) in [6, 6.07) is 2.05. The van der Waals surface area contributed by atoms with Gasteiger partial charge in [0, 0.05) is 9.99 Å². The van der Waals surface area contributed by atoms with Crippen molar-refractivity contribution in [2.45, 2.75) is 11.4 Å². The van der Waals surface area contributed by atoms with Gasteiger partial charge in [-0.25, -0.2) is 0 Å². The highest BCUT2D eigenvalue weighted by molar-refractivity contribution is 14.1. The number of halogens is 1. The van der Waals surface area contributed by atoms with Crippen LogP contribution in [0, 0.1) is 6.92 Å². The van der Waals surface area contributed by atoms with Crippen LogP contribution in [0.25, 0.3) is 0 Å². The van der Waals surface area contributed by atoms with Crippen molar-refractivity contribution in [3.63, 3.8) is 0 Å². The third-order valence-corrected chi connectivity index (χ3v) is 1.82. The van der Waals surface area contributed by atoms with Gasteiger partial charge < -0.3 is 4.42 Å². The van der Waals surface area contributed by atoms with Gasteiger partial charge in [0.15, 0.2) is 0 Å². The largest absolute Gasteiger partial charge is 0.469 e. The summed E-state index contributed by atoms with van der Waals surface area (Å²) in [4.78, 5) is 0. The topological polar surface area (TPSA) is 13.1 Å². The molecule has 0 aliphatic rings. The van der Waals surface area contributed by atoms with Crippen LogP contribution in [0.15, 0.2) is 16.7 Å². The molecule has 1 nitrogen and oxygen atoms in total. The van der Waals surface area contributed by atoms with Crippen LogP contribution in [0.4, 0.5) is 0 Å². The minimum Gasteiger partial charge on any atom is -0.469 e. The molecule has 0 unspecified atom stereocenters.